The maximum absolute atomic E-state index is 12.6. The second kappa shape index (κ2) is 9.08. The molecule has 0 bridgehead atoms. The summed E-state index contributed by atoms with van der Waals surface area (Å²) in [6.45, 7) is 5.25. The summed E-state index contributed by atoms with van der Waals surface area (Å²) in [5, 5.41) is 13.4. The number of aromatic nitrogens is 1. The van der Waals surface area contributed by atoms with Gasteiger partial charge in [0, 0.05) is 5.69 Å². The molecule has 0 saturated heterocycles. The van der Waals surface area contributed by atoms with Crippen LogP contribution in [-0.4, -0.2) is 26.4 Å². The second-order valence-corrected chi connectivity index (χ2v) is 8.62. The van der Waals surface area contributed by atoms with E-state index in [0.717, 1.165) is 10.2 Å². The average Bonchev–Trinajstić information content (AvgIpc) is 2.74. The van der Waals surface area contributed by atoms with E-state index in [1.165, 1.54) is 37.6 Å². The zero-order chi connectivity index (χ0) is 23.5. The lowest BCUT2D eigenvalue weighted by molar-refractivity contribution is 0.390. The van der Waals surface area contributed by atoms with E-state index in [2.05, 4.69) is 5.10 Å². The van der Waals surface area contributed by atoms with Gasteiger partial charge in [0.05, 0.1) is 13.3 Å². The van der Waals surface area contributed by atoms with Crippen molar-refractivity contribution in [2.24, 2.45) is 5.10 Å². The molecule has 164 valence electrons. The summed E-state index contributed by atoms with van der Waals surface area (Å²) in [5.41, 5.74) is 2.12. The van der Waals surface area contributed by atoms with Gasteiger partial charge < -0.3 is 8.92 Å². The van der Waals surface area contributed by atoms with Gasteiger partial charge in [-0.2, -0.15) is 18.8 Å². The minimum absolute atomic E-state index is 0.0145. The Kier molecular flexibility index (Phi) is 6.46. The third-order valence-corrected chi connectivity index (χ3v) is 5.94. The molecule has 0 radical (unpaired) electrons. The molecule has 0 spiro atoms. The van der Waals surface area contributed by atoms with Crippen molar-refractivity contribution in [3.8, 4) is 17.6 Å². The van der Waals surface area contributed by atoms with Crippen molar-refractivity contribution in [1.29, 1.82) is 5.26 Å². The summed E-state index contributed by atoms with van der Waals surface area (Å²) in [5.74, 6) is 0.191. The van der Waals surface area contributed by atoms with Gasteiger partial charge in [-0.15, -0.1) is 0 Å². The Morgan fingerprint density at radius 2 is 1.72 bits per heavy atom. The quantitative estimate of drug-likeness (QED) is 0.420. The van der Waals surface area contributed by atoms with Gasteiger partial charge in [-0.05, 0) is 68.3 Å². The normalized spacial score (nSPS) is 11.3. The molecule has 3 aromatic rings. The molecule has 0 aliphatic heterocycles. The molecule has 3 rings (SSSR count). The van der Waals surface area contributed by atoms with Crippen molar-refractivity contribution in [3.05, 3.63) is 86.8 Å². The fourth-order valence-electron chi connectivity index (χ4n) is 2.99. The second-order valence-electron chi connectivity index (χ2n) is 7.08. The van der Waals surface area contributed by atoms with Crippen LogP contribution in [0.15, 0.2) is 63.3 Å². The van der Waals surface area contributed by atoms with Crippen LogP contribution in [0.1, 0.15) is 27.9 Å². The molecule has 1 heterocycles. The van der Waals surface area contributed by atoms with Crippen LogP contribution in [0.2, 0.25) is 0 Å². The number of benzene rings is 2. The monoisotopic (exact) mass is 451 g/mol. The maximum atomic E-state index is 12.6. The first-order valence-electron chi connectivity index (χ1n) is 9.53. The number of hydrogen-bond acceptors (Lipinski definition) is 7. The van der Waals surface area contributed by atoms with Crippen LogP contribution in [0, 0.1) is 32.1 Å². The zero-order valence-corrected chi connectivity index (χ0v) is 18.8. The minimum atomic E-state index is -4.04. The Balaban J connectivity index is 1.92. The Bertz CT molecular complexity index is 1400. The van der Waals surface area contributed by atoms with Gasteiger partial charge in [-0.25, -0.2) is 4.68 Å². The SMILES string of the molecule is COc1cc(/C=N/n2c(C)cc(C)c(C#N)c2=O)ccc1OS(=O)(=O)c1ccc(C)cc1. The number of aryl methyl sites for hydroxylation is 3. The van der Waals surface area contributed by atoms with E-state index in [0.29, 0.717) is 16.8 Å². The van der Waals surface area contributed by atoms with E-state index >= 15 is 0 Å². The van der Waals surface area contributed by atoms with E-state index in [-0.39, 0.29) is 22.0 Å². The number of ether oxygens (including phenoxy) is 1. The number of nitriles is 1. The van der Waals surface area contributed by atoms with E-state index in [9.17, 15) is 18.5 Å². The maximum Gasteiger partial charge on any atom is 0.339 e. The smallest absolute Gasteiger partial charge is 0.339 e. The molecule has 32 heavy (non-hydrogen) atoms. The first-order valence-corrected chi connectivity index (χ1v) is 10.9. The van der Waals surface area contributed by atoms with Crippen LogP contribution in [0.3, 0.4) is 0 Å². The number of nitrogens with zero attached hydrogens (tertiary/aromatic N) is 3. The summed E-state index contributed by atoms with van der Waals surface area (Å²) < 4.78 is 36.8. The largest absolute Gasteiger partial charge is 0.493 e. The van der Waals surface area contributed by atoms with E-state index in [1.807, 2.05) is 13.0 Å². The number of methoxy groups -OCH3 is 1. The van der Waals surface area contributed by atoms with Crippen molar-refractivity contribution in [2.45, 2.75) is 25.7 Å². The summed E-state index contributed by atoms with van der Waals surface area (Å²) >= 11 is 0. The highest BCUT2D eigenvalue weighted by Gasteiger charge is 2.19. The molecule has 0 unspecified atom stereocenters. The zero-order valence-electron chi connectivity index (χ0n) is 18.0. The molecule has 0 amide bonds. The van der Waals surface area contributed by atoms with Gasteiger partial charge in [-0.1, -0.05) is 17.7 Å². The summed E-state index contributed by atoms with van der Waals surface area (Å²) in [7, 11) is -2.66. The Hall–Kier alpha value is -3.90. The van der Waals surface area contributed by atoms with Crippen molar-refractivity contribution >= 4 is 16.3 Å². The average molecular weight is 452 g/mol. The van der Waals surface area contributed by atoms with Crippen LogP contribution in [0.5, 0.6) is 11.5 Å². The van der Waals surface area contributed by atoms with Crippen molar-refractivity contribution < 1.29 is 17.3 Å². The first-order chi connectivity index (χ1) is 15.2. The van der Waals surface area contributed by atoms with Gasteiger partial charge in [-0.3, -0.25) is 4.79 Å². The first kappa shape index (κ1) is 22.8. The Labute approximate surface area is 186 Å². The fourth-order valence-corrected chi connectivity index (χ4v) is 3.93. The molecule has 0 aliphatic rings. The van der Waals surface area contributed by atoms with Crippen LogP contribution < -0.4 is 14.5 Å². The molecule has 0 fully saturated rings. The Morgan fingerprint density at radius 1 is 1.03 bits per heavy atom. The highest BCUT2D eigenvalue weighted by molar-refractivity contribution is 7.87. The van der Waals surface area contributed by atoms with E-state index in [4.69, 9.17) is 8.92 Å². The molecule has 0 aliphatic carbocycles. The number of rotatable bonds is 6. The summed E-state index contributed by atoms with van der Waals surface area (Å²) in [6, 6.07) is 14.4. The van der Waals surface area contributed by atoms with Crippen molar-refractivity contribution in [3.63, 3.8) is 0 Å². The third kappa shape index (κ3) is 4.71. The van der Waals surface area contributed by atoms with E-state index < -0.39 is 15.7 Å². The lowest BCUT2D eigenvalue weighted by Gasteiger charge is -2.11. The predicted octanol–water partition coefficient (Wildman–Crippen LogP) is 3.30. The standard InChI is InChI=1S/C23H21N3O5S/c1-15-5-8-19(9-6-15)32(28,29)31-21-10-7-18(12-22(21)30-4)14-25-26-17(3)11-16(2)20(13-24)23(26)27/h5-12,14H,1-4H3/b25-14+. The van der Waals surface area contributed by atoms with Gasteiger partial charge in [0.25, 0.3) is 5.56 Å². The summed E-state index contributed by atoms with van der Waals surface area (Å²) in [4.78, 5) is 12.5. The lowest BCUT2D eigenvalue weighted by Crippen LogP contribution is -2.22. The molecule has 2 aromatic carbocycles. The van der Waals surface area contributed by atoms with Gasteiger partial charge >= 0.3 is 10.1 Å². The number of hydrogen-bond donors (Lipinski definition) is 0. The molecule has 1 aromatic heterocycles. The highest BCUT2D eigenvalue weighted by atomic mass is 32.2. The van der Waals surface area contributed by atoms with Crippen LogP contribution in [0.25, 0.3) is 0 Å². The molecule has 0 N–H and O–H groups in total. The summed E-state index contributed by atoms with van der Waals surface area (Å²) in [6.07, 6.45) is 1.41. The molecule has 9 heteroatoms. The molecule has 0 atom stereocenters. The van der Waals surface area contributed by atoms with Crippen LogP contribution in [-0.2, 0) is 10.1 Å². The molecular weight excluding hydrogens is 430 g/mol. The minimum Gasteiger partial charge on any atom is -0.493 e. The van der Waals surface area contributed by atoms with Crippen molar-refractivity contribution in [2.75, 3.05) is 7.11 Å². The third-order valence-electron chi connectivity index (χ3n) is 4.69. The fraction of sp³-hybridized carbons (Fsp3) is 0.174. The van der Waals surface area contributed by atoms with Gasteiger partial charge in [0.2, 0.25) is 0 Å². The van der Waals surface area contributed by atoms with Gasteiger partial charge in [0.15, 0.2) is 11.5 Å². The molecule has 8 nitrogen and oxygen atoms in total. The predicted molar refractivity (Wildman–Crippen MR) is 120 cm³/mol. The molecule has 0 saturated carbocycles. The van der Waals surface area contributed by atoms with Gasteiger partial charge in [0.1, 0.15) is 16.5 Å². The van der Waals surface area contributed by atoms with Crippen LogP contribution >= 0.6 is 0 Å². The molecular formula is C23H21N3O5S. The number of pyridine rings is 1. The van der Waals surface area contributed by atoms with E-state index in [1.54, 1.807) is 38.1 Å². The highest BCUT2D eigenvalue weighted by Crippen LogP contribution is 2.30. The lowest BCUT2D eigenvalue weighted by atomic mass is 10.1. The van der Waals surface area contributed by atoms with Crippen molar-refractivity contribution in [1.82, 2.24) is 4.68 Å². The Morgan fingerprint density at radius 3 is 2.34 bits per heavy atom. The van der Waals surface area contributed by atoms with Crippen LogP contribution in [0.4, 0.5) is 0 Å². The topological polar surface area (TPSA) is 111 Å².